The van der Waals surface area contributed by atoms with Gasteiger partial charge in [-0.2, -0.15) is 0 Å². The van der Waals surface area contributed by atoms with Crippen molar-refractivity contribution in [3.63, 3.8) is 0 Å². The van der Waals surface area contributed by atoms with E-state index in [1.807, 2.05) is 0 Å². The molecule has 0 aromatic heterocycles. The molecule has 0 aliphatic heterocycles. The van der Waals surface area contributed by atoms with Gasteiger partial charge in [-0.25, -0.2) is 4.79 Å². The number of primary amides is 1. The molecule has 6 heteroatoms. The Labute approximate surface area is 57.1 Å². The second kappa shape index (κ2) is 3.65. The van der Waals surface area contributed by atoms with Crippen molar-refractivity contribution in [1.82, 2.24) is 0 Å². The molecule has 6 nitrogen and oxygen atoms in total. The molecule has 0 aromatic carbocycles. The minimum absolute atomic E-state index is 0.275. The summed E-state index contributed by atoms with van der Waals surface area (Å²) >= 11 is 0. The first-order valence-electron chi connectivity index (χ1n) is 2.59. The third-order valence-corrected chi connectivity index (χ3v) is 0.827. The number of nitro groups is 1. The zero-order valence-electron chi connectivity index (χ0n) is 5.44. The highest BCUT2D eigenvalue weighted by molar-refractivity contribution is 5.64. The highest BCUT2D eigenvalue weighted by Crippen LogP contribution is 1.88. The van der Waals surface area contributed by atoms with Crippen molar-refractivity contribution in [3.05, 3.63) is 10.1 Å². The number of rotatable bonds is 3. The van der Waals surface area contributed by atoms with Crippen LogP contribution in [0.15, 0.2) is 0 Å². The average Bonchev–Trinajstić information content (AvgIpc) is 1.82. The molecule has 0 aromatic rings. The predicted octanol–water partition coefficient (Wildman–Crippen LogP) is -0.253. The molecule has 10 heavy (non-hydrogen) atoms. The fourth-order valence-electron chi connectivity index (χ4n) is 0.264. The van der Waals surface area contributed by atoms with E-state index in [1.54, 1.807) is 0 Å². The van der Waals surface area contributed by atoms with E-state index in [-0.39, 0.29) is 6.61 Å². The van der Waals surface area contributed by atoms with Gasteiger partial charge in [0.15, 0.2) is 6.61 Å². The van der Waals surface area contributed by atoms with Crippen LogP contribution in [0.4, 0.5) is 4.79 Å². The lowest BCUT2D eigenvalue weighted by Crippen LogP contribution is -2.25. The van der Waals surface area contributed by atoms with Crippen molar-refractivity contribution in [2.24, 2.45) is 5.73 Å². The van der Waals surface area contributed by atoms with E-state index >= 15 is 0 Å². The number of nitrogens with two attached hydrogens (primary N) is 1. The number of amides is 1. The number of hydrogen-bond acceptors (Lipinski definition) is 4. The number of nitrogens with zero attached hydrogens (tertiary/aromatic N) is 1. The zero-order chi connectivity index (χ0) is 8.15. The fraction of sp³-hybridized carbons (Fsp3) is 0.750. The van der Waals surface area contributed by atoms with E-state index in [4.69, 9.17) is 0 Å². The molecule has 1 amide bonds. The van der Waals surface area contributed by atoms with Gasteiger partial charge >= 0.3 is 6.09 Å². The van der Waals surface area contributed by atoms with Crippen LogP contribution >= 0.6 is 0 Å². The summed E-state index contributed by atoms with van der Waals surface area (Å²) in [5.41, 5.74) is 4.56. The minimum Gasteiger partial charge on any atom is -0.442 e. The Morgan fingerprint density at radius 2 is 2.40 bits per heavy atom. The van der Waals surface area contributed by atoms with Crippen molar-refractivity contribution in [2.75, 3.05) is 6.61 Å². The van der Waals surface area contributed by atoms with Crippen LogP contribution < -0.4 is 5.73 Å². The number of ether oxygens (including phenoxy) is 1. The van der Waals surface area contributed by atoms with Crippen LogP contribution in [0, 0.1) is 10.1 Å². The molecule has 0 bridgehead atoms. The summed E-state index contributed by atoms with van der Waals surface area (Å²) in [7, 11) is 0. The molecule has 0 aliphatic carbocycles. The van der Waals surface area contributed by atoms with Gasteiger partial charge in [-0.15, -0.1) is 0 Å². The largest absolute Gasteiger partial charge is 0.442 e. The number of carbonyl (C=O) groups is 1. The molecule has 0 saturated heterocycles. The van der Waals surface area contributed by atoms with Crippen LogP contribution in [0.5, 0.6) is 0 Å². The summed E-state index contributed by atoms with van der Waals surface area (Å²) in [5, 5.41) is 9.89. The molecule has 1 atom stereocenters. The van der Waals surface area contributed by atoms with Crippen molar-refractivity contribution < 1.29 is 14.5 Å². The van der Waals surface area contributed by atoms with Gasteiger partial charge in [-0.1, -0.05) is 0 Å². The molecule has 0 spiro atoms. The van der Waals surface area contributed by atoms with Crippen molar-refractivity contribution >= 4 is 6.09 Å². The van der Waals surface area contributed by atoms with E-state index in [9.17, 15) is 14.9 Å². The maximum atomic E-state index is 9.90. The summed E-state index contributed by atoms with van der Waals surface area (Å²) in [5.74, 6) is 0. The molecule has 58 valence electrons. The molecule has 0 radical (unpaired) electrons. The second-order valence-corrected chi connectivity index (χ2v) is 1.76. The van der Waals surface area contributed by atoms with E-state index in [2.05, 4.69) is 10.5 Å². The molecular formula is C4H8N2O4. The van der Waals surface area contributed by atoms with Crippen molar-refractivity contribution in [2.45, 2.75) is 13.0 Å². The molecule has 0 aliphatic rings. The van der Waals surface area contributed by atoms with Crippen LogP contribution in [0.2, 0.25) is 0 Å². The Balaban J connectivity index is 3.49. The summed E-state index contributed by atoms with van der Waals surface area (Å²) in [4.78, 5) is 19.2. The van der Waals surface area contributed by atoms with Crippen LogP contribution in [0.3, 0.4) is 0 Å². The predicted molar refractivity (Wildman–Crippen MR) is 32.0 cm³/mol. The first-order valence-corrected chi connectivity index (χ1v) is 2.59. The summed E-state index contributed by atoms with van der Waals surface area (Å²) in [6.45, 7) is 1.05. The van der Waals surface area contributed by atoms with Crippen molar-refractivity contribution in [1.29, 1.82) is 0 Å². The van der Waals surface area contributed by atoms with Crippen LogP contribution in [0.25, 0.3) is 0 Å². The van der Waals surface area contributed by atoms with E-state index in [1.165, 1.54) is 6.92 Å². The lowest BCUT2D eigenvalue weighted by Gasteiger charge is -2.01. The Bertz CT molecular complexity index is 146. The molecule has 0 fully saturated rings. The lowest BCUT2D eigenvalue weighted by atomic mass is 10.4. The van der Waals surface area contributed by atoms with Gasteiger partial charge in [-0.05, 0) is 0 Å². The molecule has 1 unspecified atom stereocenters. The first kappa shape index (κ1) is 8.67. The average molecular weight is 148 g/mol. The van der Waals surface area contributed by atoms with Crippen LogP contribution in [-0.4, -0.2) is 23.7 Å². The Morgan fingerprint density at radius 1 is 1.90 bits per heavy atom. The lowest BCUT2D eigenvalue weighted by molar-refractivity contribution is -0.520. The third-order valence-electron chi connectivity index (χ3n) is 0.827. The fourth-order valence-corrected chi connectivity index (χ4v) is 0.264. The van der Waals surface area contributed by atoms with Crippen molar-refractivity contribution in [3.8, 4) is 0 Å². The molecule has 0 saturated carbocycles. The van der Waals surface area contributed by atoms with Gasteiger partial charge in [0.1, 0.15) is 0 Å². The maximum absolute atomic E-state index is 9.90. The van der Waals surface area contributed by atoms with Gasteiger partial charge in [0.2, 0.25) is 6.04 Å². The van der Waals surface area contributed by atoms with Gasteiger partial charge in [0.05, 0.1) is 0 Å². The SMILES string of the molecule is CC(COC(N)=O)[N+](=O)[O-]. The Hall–Kier alpha value is -1.33. The third kappa shape index (κ3) is 3.65. The first-order chi connectivity index (χ1) is 4.54. The maximum Gasteiger partial charge on any atom is 0.404 e. The number of hydrogen-bond donors (Lipinski definition) is 1. The Morgan fingerprint density at radius 3 is 2.70 bits per heavy atom. The molecule has 0 heterocycles. The highest BCUT2D eigenvalue weighted by Gasteiger charge is 2.13. The van der Waals surface area contributed by atoms with Gasteiger partial charge in [0, 0.05) is 11.8 Å². The normalized spacial score (nSPS) is 12.1. The number of carbonyl (C=O) groups excluding carboxylic acids is 1. The summed E-state index contributed by atoms with van der Waals surface area (Å²) < 4.78 is 4.16. The van der Waals surface area contributed by atoms with Gasteiger partial charge < -0.3 is 10.5 Å². The topological polar surface area (TPSA) is 95.5 Å². The van der Waals surface area contributed by atoms with Gasteiger partial charge in [-0.3, -0.25) is 10.1 Å². The second-order valence-electron chi connectivity index (χ2n) is 1.76. The highest BCUT2D eigenvalue weighted by atomic mass is 16.6. The van der Waals surface area contributed by atoms with E-state index in [0.717, 1.165) is 0 Å². The standard InChI is InChI=1S/C4H8N2O4/c1-3(6(8)9)2-10-4(5)7/h3H,2H2,1H3,(H2,5,7). The zero-order valence-corrected chi connectivity index (χ0v) is 5.44. The Kier molecular flexibility index (Phi) is 3.16. The minimum atomic E-state index is -0.992. The monoisotopic (exact) mass is 148 g/mol. The molecule has 2 N–H and O–H groups in total. The van der Waals surface area contributed by atoms with E-state index in [0.29, 0.717) is 0 Å². The van der Waals surface area contributed by atoms with Crippen LogP contribution in [-0.2, 0) is 4.74 Å². The van der Waals surface area contributed by atoms with Crippen LogP contribution in [0.1, 0.15) is 6.92 Å². The molecular weight excluding hydrogens is 140 g/mol. The summed E-state index contributed by atoms with van der Waals surface area (Å²) in [6, 6.07) is -0.896. The smallest absolute Gasteiger partial charge is 0.404 e. The molecule has 0 rings (SSSR count). The van der Waals surface area contributed by atoms with Gasteiger partial charge in [0.25, 0.3) is 0 Å². The summed E-state index contributed by atoms with van der Waals surface area (Å²) in [6.07, 6.45) is -0.992. The quantitative estimate of drug-likeness (QED) is 0.440. The van der Waals surface area contributed by atoms with E-state index < -0.39 is 17.1 Å².